The number of ether oxygens (including phenoxy) is 1. The van der Waals surface area contributed by atoms with Crippen LogP contribution in [-0.4, -0.2) is 11.1 Å². The molecule has 0 spiro atoms. The van der Waals surface area contributed by atoms with Gasteiger partial charge in [-0.05, 0) is 30.6 Å². The molecular weight excluding hydrogens is 224 g/mol. The van der Waals surface area contributed by atoms with Crippen LogP contribution >= 0.6 is 0 Å². The SMILES string of the molecule is CC1(C)C2CCC1(C)C(Oc1ccncc1N)C2. The van der Waals surface area contributed by atoms with Crippen LogP contribution in [0.4, 0.5) is 5.69 Å². The van der Waals surface area contributed by atoms with Gasteiger partial charge in [0.15, 0.2) is 0 Å². The topological polar surface area (TPSA) is 48.1 Å². The molecule has 0 amide bonds. The van der Waals surface area contributed by atoms with Crippen LogP contribution in [0.2, 0.25) is 0 Å². The molecule has 0 aromatic carbocycles. The van der Waals surface area contributed by atoms with E-state index in [0.29, 0.717) is 11.1 Å². The highest BCUT2D eigenvalue weighted by Crippen LogP contribution is 2.66. The summed E-state index contributed by atoms with van der Waals surface area (Å²) in [5.74, 6) is 1.58. The number of nitrogens with zero attached hydrogens (tertiary/aromatic N) is 1. The maximum atomic E-state index is 6.21. The number of hydrogen-bond donors (Lipinski definition) is 1. The Balaban J connectivity index is 1.86. The fraction of sp³-hybridized carbons (Fsp3) is 0.667. The lowest BCUT2D eigenvalue weighted by Crippen LogP contribution is -2.39. The van der Waals surface area contributed by atoms with Gasteiger partial charge >= 0.3 is 0 Å². The van der Waals surface area contributed by atoms with Gasteiger partial charge in [-0.2, -0.15) is 0 Å². The third kappa shape index (κ3) is 1.39. The predicted molar refractivity (Wildman–Crippen MR) is 72.3 cm³/mol. The van der Waals surface area contributed by atoms with E-state index in [1.165, 1.54) is 12.8 Å². The number of nitrogen functional groups attached to an aromatic ring is 1. The summed E-state index contributed by atoms with van der Waals surface area (Å²) < 4.78 is 6.21. The first-order valence-electron chi connectivity index (χ1n) is 6.81. The molecule has 0 aliphatic heterocycles. The van der Waals surface area contributed by atoms with E-state index in [0.717, 1.165) is 18.1 Å². The Morgan fingerprint density at radius 2 is 2.17 bits per heavy atom. The zero-order chi connectivity index (χ0) is 13.0. The van der Waals surface area contributed by atoms with E-state index in [2.05, 4.69) is 25.8 Å². The second kappa shape index (κ2) is 3.62. The van der Waals surface area contributed by atoms with Crippen molar-refractivity contribution < 1.29 is 4.74 Å². The van der Waals surface area contributed by atoms with Crippen LogP contribution in [0, 0.1) is 16.7 Å². The van der Waals surface area contributed by atoms with Gasteiger partial charge in [-0.3, -0.25) is 4.98 Å². The van der Waals surface area contributed by atoms with E-state index in [4.69, 9.17) is 10.5 Å². The fourth-order valence-electron chi connectivity index (χ4n) is 3.96. The second-order valence-corrected chi connectivity index (χ2v) is 6.63. The van der Waals surface area contributed by atoms with Gasteiger partial charge in [-0.15, -0.1) is 0 Å². The van der Waals surface area contributed by atoms with Crippen LogP contribution in [0.15, 0.2) is 18.5 Å². The first kappa shape index (κ1) is 11.8. The Bertz CT molecular complexity index is 471. The lowest BCUT2D eigenvalue weighted by atomic mass is 9.70. The Labute approximate surface area is 109 Å². The lowest BCUT2D eigenvalue weighted by molar-refractivity contribution is 0.0306. The molecule has 2 bridgehead atoms. The summed E-state index contributed by atoms with van der Waals surface area (Å²) in [5.41, 5.74) is 7.21. The Hall–Kier alpha value is -1.25. The van der Waals surface area contributed by atoms with Crippen LogP contribution in [0.25, 0.3) is 0 Å². The third-order valence-electron chi connectivity index (χ3n) is 5.79. The minimum atomic E-state index is 0.271. The summed E-state index contributed by atoms with van der Waals surface area (Å²) in [6.45, 7) is 7.16. The number of hydrogen-bond acceptors (Lipinski definition) is 3. The highest BCUT2D eigenvalue weighted by molar-refractivity contribution is 5.49. The highest BCUT2D eigenvalue weighted by Gasteiger charge is 2.62. The predicted octanol–water partition coefficient (Wildman–Crippen LogP) is 3.26. The zero-order valence-electron chi connectivity index (χ0n) is 11.4. The molecule has 0 radical (unpaired) electrons. The maximum absolute atomic E-state index is 6.21. The summed E-state index contributed by atoms with van der Waals surface area (Å²) in [6, 6.07) is 1.87. The van der Waals surface area contributed by atoms with E-state index in [-0.39, 0.29) is 11.5 Å². The van der Waals surface area contributed by atoms with Crippen LogP contribution in [0.5, 0.6) is 5.75 Å². The van der Waals surface area contributed by atoms with Crippen molar-refractivity contribution in [1.82, 2.24) is 4.98 Å². The van der Waals surface area contributed by atoms with Gasteiger partial charge in [0.1, 0.15) is 11.9 Å². The molecule has 1 heterocycles. The van der Waals surface area contributed by atoms with E-state index in [9.17, 15) is 0 Å². The smallest absolute Gasteiger partial charge is 0.145 e. The van der Waals surface area contributed by atoms with Crippen LogP contribution < -0.4 is 10.5 Å². The number of pyridine rings is 1. The number of rotatable bonds is 2. The van der Waals surface area contributed by atoms with Crippen molar-refractivity contribution >= 4 is 5.69 Å². The summed E-state index contributed by atoms with van der Waals surface area (Å²) in [5, 5.41) is 0. The number of aromatic nitrogens is 1. The van der Waals surface area contributed by atoms with Gasteiger partial charge in [0.25, 0.3) is 0 Å². The van der Waals surface area contributed by atoms with Gasteiger partial charge in [-0.1, -0.05) is 20.8 Å². The third-order valence-corrected chi connectivity index (χ3v) is 5.79. The Morgan fingerprint density at radius 1 is 1.39 bits per heavy atom. The first-order valence-corrected chi connectivity index (χ1v) is 6.81. The summed E-state index contributed by atoms with van der Waals surface area (Å²) in [6.07, 6.45) is 7.46. The van der Waals surface area contributed by atoms with Crippen LogP contribution in [-0.2, 0) is 0 Å². The fourth-order valence-corrected chi connectivity index (χ4v) is 3.96. The second-order valence-electron chi connectivity index (χ2n) is 6.63. The van der Waals surface area contributed by atoms with Gasteiger partial charge in [0.05, 0.1) is 11.9 Å². The Kier molecular flexibility index (Phi) is 2.38. The molecule has 2 saturated carbocycles. The normalized spacial score (nSPS) is 36.8. The average Bonchev–Trinajstić information content (AvgIpc) is 2.65. The minimum absolute atomic E-state index is 0.271. The number of anilines is 1. The maximum Gasteiger partial charge on any atom is 0.145 e. The van der Waals surface area contributed by atoms with Crippen molar-refractivity contribution in [3.05, 3.63) is 18.5 Å². The van der Waals surface area contributed by atoms with Crippen molar-refractivity contribution in [2.75, 3.05) is 5.73 Å². The monoisotopic (exact) mass is 246 g/mol. The molecule has 0 saturated heterocycles. The number of fused-ring (bicyclic) bond motifs is 2. The van der Waals surface area contributed by atoms with Gasteiger partial charge in [0, 0.05) is 17.7 Å². The summed E-state index contributed by atoms with van der Waals surface area (Å²) >= 11 is 0. The van der Waals surface area contributed by atoms with Crippen molar-refractivity contribution in [3.8, 4) is 5.75 Å². The molecular formula is C15H22N2O. The largest absolute Gasteiger partial charge is 0.488 e. The zero-order valence-corrected chi connectivity index (χ0v) is 11.4. The van der Waals surface area contributed by atoms with E-state index in [1.807, 2.05) is 6.07 Å². The van der Waals surface area contributed by atoms with Gasteiger partial charge in [0.2, 0.25) is 0 Å². The van der Waals surface area contributed by atoms with E-state index in [1.54, 1.807) is 12.4 Å². The van der Waals surface area contributed by atoms with E-state index < -0.39 is 0 Å². The molecule has 3 atom stereocenters. The molecule has 1 aromatic heterocycles. The van der Waals surface area contributed by atoms with Gasteiger partial charge in [-0.25, -0.2) is 0 Å². The molecule has 2 aliphatic rings. The first-order chi connectivity index (χ1) is 8.45. The molecule has 1 aromatic rings. The highest BCUT2D eigenvalue weighted by atomic mass is 16.5. The van der Waals surface area contributed by atoms with Crippen molar-refractivity contribution in [2.45, 2.75) is 46.1 Å². The van der Waals surface area contributed by atoms with Crippen molar-refractivity contribution in [3.63, 3.8) is 0 Å². The van der Waals surface area contributed by atoms with Crippen LogP contribution in [0.1, 0.15) is 40.0 Å². The van der Waals surface area contributed by atoms with Crippen molar-refractivity contribution in [2.24, 2.45) is 16.7 Å². The molecule has 2 fully saturated rings. The average molecular weight is 246 g/mol. The molecule has 3 unspecified atom stereocenters. The summed E-state index contributed by atoms with van der Waals surface area (Å²) in [7, 11) is 0. The quantitative estimate of drug-likeness (QED) is 0.871. The Morgan fingerprint density at radius 3 is 2.72 bits per heavy atom. The molecule has 3 nitrogen and oxygen atoms in total. The molecule has 2 N–H and O–H groups in total. The van der Waals surface area contributed by atoms with Crippen LogP contribution in [0.3, 0.4) is 0 Å². The van der Waals surface area contributed by atoms with Crippen molar-refractivity contribution in [1.29, 1.82) is 0 Å². The lowest BCUT2D eigenvalue weighted by Gasteiger charge is -2.39. The van der Waals surface area contributed by atoms with Gasteiger partial charge < -0.3 is 10.5 Å². The minimum Gasteiger partial charge on any atom is -0.488 e. The van der Waals surface area contributed by atoms with E-state index >= 15 is 0 Å². The number of nitrogens with two attached hydrogens (primary N) is 1. The standard InChI is InChI=1S/C15H22N2O/c1-14(2)10-4-6-15(14,3)13(8-10)18-12-5-7-17-9-11(12)16/h5,7,9-10,13H,4,6,8,16H2,1-3H3. The summed E-state index contributed by atoms with van der Waals surface area (Å²) in [4.78, 5) is 4.01. The molecule has 3 heteroatoms. The molecule has 98 valence electrons. The molecule has 3 rings (SSSR count). The molecule has 18 heavy (non-hydrogen) atoms. The molecule has 2 aliphatic carbocycles.